The number of hydrogen-bond donors (Lipinski definition) is 1. The number of anilines is 1. The van der Waals surface area contributed by atoms with Crippen molar-refractivity contribution in [2.75, 3.05) is 11.1 Å². The Kier molecular flexibility index (Phi) is 6.76. The quantitative estimate of drug-likeness (QED) is 0.466. The molecule has 2 aromatic carbocycles. The summed E-state index contributed by atoms with van der Waals surface area (Å²) < 4.78 is 5.76. The number of fused-ring (bicyclic) bond motifs is 1. The normalized spacial score (nSPS) is 12.5. The third kappa shape index (κ3) is 5.57. The van der Waals surface area contributed by atoms with Gasteiger partial charge in [0, 0.05) is 16.4 Å². The minimum atomic E-state index is -0.153. The highest BCUT2D eigenvalue weighted by molar-refractivity contribution is 8.00. The average Bonchev–Trinajstić information content (AvgIpc) is 2.80. The highest BCUT2D eigenvalue weighted by atomic mass is 35.5. The number of halogens is 1. The van der Waals surface area contributed by atoms with Gasteiger partial charge in [-0.05, 0) is 85.8 Å². The Balaban J connectivity index is 1.34. The number of pyridine rings is 1. The van der Waals surface area contributed by atoms with Crippen molar-refractivity contribution in [2.45, 2.75) is 30.7 Å². The fourth-order valence-corrected chi connectivity index (χ4v) is 4.28. The van der Waals surface area contributed by atoms with E-state index >= 15 is 0 Å². The predicted molar refractivity (Wildman–Crippen MR) is 123 cm³/mol. The maximum Gasteiger partial charge on any atom is 0.234 e. The number of ether oxygens (including phenoxy) is 1. The molecule has 0 bridgehead atoms. The van der Waals surface area contributed by atoms with Gasteiger partial charge < -0.3 is 10.1 Å². The molecule has 5 nitrogen and oxygen atoms in total. The van der Waals surface area contributed by atoms with E-state index in [2.05, 4.69) is 16.4 Å². The molecule has 1 heterocycles. The van der Waals surface area contributed by atoms with E-state index in [1.807, 2.05) is 6.07 Å². The van der Waals surface area contributed by atoms with Crippen LogP contribution in [0.3, 0.4) is 0 Å². The molecule has 7 heteroatoms. The van der Waals surface area contributed by atoms with Crippen LogP contribution in [0.15, 0.2) is 59.6 Å². The molecule has 156 valence electrons. The van der Waals surface area contributed by atoms with Gasteiger partial charge in [0.25, 0.3) is 0 Å². The lowest BCUT2D eigenvalue weighted by molar-refractivity contribution is -0.113. The summed E-state index contributed by atoms with van der Waals surface area (Å²) in [5.74, 6) is 1.37. The highest BCUT2D eigenvalue weighted by Gasteiger charge is 2.16. The summed E-state index contributed by atoms with van der Waals surface area (Å²) in [6.45, 7) is 0. The van der Waals surface area contributed by atoms with Crippen molar-refractivity contribution in [1.29, 1.82) is 5.26 Å². The van der Waals surface area contributed by atoms with Crippen molar-refractivity contribution in [3.63, 3.8) is 0 Å². The number of aryl methyl sites for hydroxylation is 2. The molecule has 0 aliphatic heterocycles. The standard InChI is InChI=1S/C24H20ClN3O2S/c25-18-5-9-20(10-6-18)30-21-11-7-19(8-12-21)27-23(29)15-31-24-17(14-26)13-16-3-1-2-4-22(16)28-24/h5-13H,1-4,15H2,(H,27,29). The third-order valence-electron chi connectivity index (χ3n) is 4.91. The van der Waals surface area contributed by atoms with Gasteiger partial charge in [0.15, 0.2) is 0 Å². The van der Waals surface area contributed by atoms with E-state index < -0.39 is 0 Å². The minimum Gasteiger partial charge on any atom is -0.457 e. The fourth-order valence-electron chi connectivity index (χ4n) is 3.38. The zero-order valence-electron chi connectivity index (χ0n) is 16.7. The minimum absolute atomic E-state index is 0.153. The average molecular weight is 450 g/mol. The molecule has 31 heavy (non-hydrogen) atoms. The van der Waals surface area contributed by atoms with Crippen molar-refractivity contribution in [1.82, 2.24) is 4.98 Å². The molecule has 1 aliphatic carbocycles. The summed E-state index contributed by atoms with van der Waals surface area (Å²) in [6.07, 6.45) is 4.16. The van der Waals surface area contributed by atoms with Crippen LogP contribution < -0.4 is 10.1 Å². The SMILES string of the molecule is N#Cc1cc2c(nc1SCC(=O)Nc1ccc(Oc3ccc(Cl)cc3)cc1)CCCC2. The largest absolute Gasteiger partial charge is 0.457 e. The van der Waals surface area contributed by atoms with Crippen molar-refractivity contribution >= 4 is 35.0 Å². The lowest BCUT2D eigenvalue weighted by Gasteiger charge is -2.16. The molecule has 3 aromatic rings. The molecule has 4 rings (SSSR count). The van der Waals surface area contributed by atoms with Gasteiger partial charge in [-0.2, -0.15) is 5.26 Å². The Morgan fingerprint density at radius 2 is 1.77 bits per heavy atom. The molecule has 0 saturated carbocycles. The predicted octanol–water partition coefficient (Wildman–Crippen LogP) is 6.01. The summed E-state index contributed by atoms with van der Waals surface area (Å²) in [4.78, 5) is 17.1. The number of rotatable bonds is 6. The molecular weight excluding hydrogens is 430 g/mol. The van der Waals surface area contributed by atoms with E-state index in [4.69, 9.17) is 16.3 Å². The van der Waals surface area contributed by atoms with Crippen LogP contribution in [-0.2, 0) is 17.6 Å². The molecule has 0 radical (unpaired) electrons. The summed E-state index contributed by atoms with van der Waals surface area (Å²) in [7, 11) is 0. The number of aromatic nitrogens is 1. The van der Waals surface area contributed by atoms with E-state index in [1.54, 1.807) is 48.5 Å². The Morgan fingerprint density at radius 3 is 2.48 bits per heavy atom. The zero-order valence-corrected chi connectivity index (χ0v) is 18.3. The van der Waals surface area contributed by atoms with Gasteiger partial charge in [0.2, 0.25) is 5.91 Å². The van der Waals surface area contributed by atoms with E-state index in [0.29, 0.717) is 32.8 Å². The molecule has 0 fully saturated rings. The Labute approximate surface area is 190 Å². The monoisotopic (exact) mass is 449 g/mol. The second-order valence-electron chi connectivity index (χ2n) is 7.18. The maximum absolute atomic E-state index is 12.4. The first-order valence-electron chi connectivity index (χ1n) is 10.00. The number of nitrogens with zero attached hydrogens (tertiary/aromatic N) is 2. The molecule has 1 N–H and O–H groups in total. The molecule has 0 spiro atoms. The summed E-state index contributed by atoms with van der Waals surface area (Å²) >= 11 is 7.18. The Hall–Kier alpha value is -3.01. The molecular formula is C24H20ClN3O2S. The molecule has 0 saturated heterocycles. The van der Waals surface area contributed by atoms with Crippen LogP contribution in [-0.4, -0.2) is 16.6 Å². The van der Waals surface area contributed by atoms with Gasteiger partial charge in [-0.15, -0.1) is 0 Å². The van der Waals surface area contributed by atoms with E-state index in [1.165, 1.54) is 11.8 Å². The summed E-state index contributed by atoms with van der Waals surface area (Å²) in [6, 6.07) is 18.4. The topological polar surface area (TPSA) is 75.0 Å². The summed E-state index contributed by atoms with van der Waals surface area (Å²) in [5, 5.41) is 13.6. The van der Waals surface area contributed by atoms with Crippen molar-refractivity contribution in [3.05, 3.63) is 76.4 Å². The van der Waals surface area contributed by atoms with Gasteiger partial charge >= 0.3 is 0 Å². The first-order chi connectivity index (χ1) is 15.1. The maximum atomic E-state index is 12.4. The van der Waals surface area contributed by atoms with E-state index in [-0.39, 0.29) is 11.7 Å². The number of carbonyl (C=O) groups excluding carboxylic acids is 1. The number of carbonyl (C=O) groups is 1. The molecule has 0 unspecified atom stereocenters. The molecule has 1 aliphatic rings. The number of nitrogens with one attached hydrogen (secondary N) is 1. The Morgan fingerprint density at radius 1 is 1.10 bits per heavy atom. The molecule has 0 atom stereocenters. The third-order valence-corrected chi connectivity index (χ3v) is 6.16. The summed E-state index contributed by atoms with van der Waals surface area (Å²) in [5.41, 5.74) is 3.44. The first-order valence-corrected chi connectivity index (χ1v) is 11.4. The highest BCUT2D eigenvalue weighted by Crippen LogP contribution is 2.28. The Bertz CT molecular complexity index is 1130. The number of thioether (sulfide) groups is 1. The van der Waals surface area contributed by atoms with Gasteiger partial charge in [-0.25, -0.2) is 4.98 Å². The number of benzene rings is 2. The van der Waals surface area contributed by atoms with E-state index in [9.17, 15) is 10.1 Å². The molecule has 1 amide bonds. The van der Waals surface area contributed by atoms with Crippen LogP contribution in [0.25, 0.3) is 0 Å². The van der Waals surface area contributed by atoms with Crippen LogP contribution in [0, 0.1) is 11.3 Å². The fraction of sp³-hybridized carbons (Fsp3) is 0.208. The van der Waals surface area contributed by atoms with Crippen molar-refractivity contribution in [3.8, 4) is 17.6 Å². The van der Waals surface area contributed by atoms with Crippen LogP contribution in [0.5, 0.6) is 11.5 Å². The first kappa shape index (κ1) is 21.2. The van der Waals surface area contributed by atoms with Crippen molar-refractivity contribution in [2.24, 2.45) is 0 Å². The van der Waals surface area contributed by atoms with Gasteiger partial charge in [0.05, 0.1) is 11.3 Å². The molecule has 1 aromatic heterocycles. The zero-order chi connectivity index (χ0) is 21.6. The van der Waals surface area contributed by atoms with Crippen LogP contribution in [0.2, 0.25) is 5.02 Å². The lowest BCUT2D eigenvalue weighted by atomic mass is 9.95. The number of hydrogen-bond acceptors (Lipinski definition) is 5. The second kappa shape index (κ2) is 9.86. The van der Waals surface area contributed by atoms with Crippen LogP contribution in [0.4, 0.5) is 5.69 Å². The van der Waals surface area contributed by atoms with Gasteiger partial charge in [-0.1, -0.05) is 23.4 Å². The van der Waals surface area contributed by atoms with E-state index in [0.717, 1.165) is 36.9 Å². The number of amides is 1. The van der Waals surface area contributed by atoms with Crippen LogP contribution in [0.1, 0.15) is 29.7 Å². The smallest absolute Gasteiger partial charge is 0.234 e. The van der Waals surface area contributed by atoms with Gasteiger partial charge in [0.1, 0.15) is 22.6 Å². The van der Waals surface area contributed by atoms with Crippen molar-refractivity contribution < 1.29 is 9.53 Å². The number of nitriles is 1. The lowest BCUT2D eigenvalue weighted by Crippen LogP contribution is -2.14. The van der Waals surface area contributed by atoms with Gasteiger partial charge in [-0.3, -0.25) is 4.79 Å². The second-order valence-corrected chi connectivity index (χ2v) is 8.58. The van der Waals surface area contributed by atoms with Crippen LogP contribution >= 0.6 is 23.4 Å².